The molecule has 0 radical (unpaired) electrons. The van der Waals surface area contributed by atoms with E-state index in [1.807, 2.05) is 18.2 Å². The van der Waals surface area contributed by atoms with E-state index in [9.17, 15) is 14.7 Å². The van der Waals surface area contributed by atoms with E-state index < -0.39 is 12.7 Å². The number of nitrogens with zero attached hydrogens (tertiary/aromatic N) is 2. The molecule has 9 heteroatoms. The Kier molecular flexibility index (Phi) is 7.63. The van der Waals surface area contributed by atoms with Crippen LogP contribution in [0.5, 0.6) is 0 Å². The van der Waals surface area contributed by atoms with Crippen LogP contribution in [0.25, 0.3) is 22.4 Å². The molecule has 1 unspecified atom stereocenters. The number of hydrogen-bond donors (Lipinski definition) is 3. The van der Waals surface area contributed by atoms with Crippen LogP contribution in [0.3, 0.4) is 0 Å². The van der Waals surface area contributed by atoms with Crippen LogP contribution in [0.2, 0.25) is 0 Å². The number of rotatable bonds is 7. The number of fused-ring (bicyclic) bond motifs is 1. The second-order valence-corrected chi connectivity index (χ2v) is 11.7. The van der Waals surface area contributed by atoms with Gasteiger partial charge in [-0.2, -0.15) is 0 Å². The van der Waals surface area contributed by atoms with E-state index in [4.69, 9.17) is 9.84 Å². The van der Waals surface area contributed by atoms with Crippen LogP contribution >= 0.6 is 11.3 Å². The van der Waals surface area contributed by atoms with Gasteiger partial charge in [0.15, 0.2) is 5.78 Å². The molecule has 0 spiro atoms. The third-order valence-corrected chi connectivity index (χ3v) is 8.35. The van der Waals surface area contributed by atoms with Crippen molar-refractivity contribution in [2.24, 2.45) is 5.41 Å². The fraction of sp³-hybridized carbons (Fsp3) is 0.414. The van der Waals surface area contributed by atoms with Gasteiger partial charge in [-0.3, -0.25) is 14.6 Å². The molecule has 1 atom stereocenters. The summed E-state index contributed by atoms with van der Waals surface area (Å²) in [7, 11) is 0. The molecular weight excluding hydrogens is 502 g/mol. The van der Waals surface area contributed by atoms with E-state index >= 15 is 0 Å². The zero-order valence-corrected chi connectivity index (χ0v) is 22.5. The maximum absolute atomic E-state index is 13.2. The highest BCUT2D eigenvalue weighted by Gasteiger charge is 2.37. The number of aliphatic hydroxyl groups is 2. The minimum atomic E-state index is -1.01. The SMILES string of the molecule is CC1(C)CC(=O)c2sc(N3CCOCC3)c(-c3ccnc(-c4cccc(C(=O)NCC(O)CO)c4)c3)c2C1. The average molecular weight is 536 g/mol. The molecule has 3 aromatic rings. The Morgan fingerprint density at radius 3 is 2.74 bits per heavy atom. The summed E-state index contributed by atoms with van der Waals surface area (Å²) in [6, 6.07) is 11.2. The van der Waals surface area contributed by atoms with Crippen LogP contribution in [0.4, 0.5) is 5.00 Å². The normalized spacial score (nSPS) is 17.7. The van der Waals surface area contributed by atoms with Gasteiger partial charge < -0.3 is 25.2 Å². The predicted octanol–water partition coefficient (Wildman–Crippen LogP) is 3.55. The molecule has 200 valence electrons. The highest BCUT2D eigenvalue weighted by Crippen LogP contribution is 2.49. The summed E-state index contributed by atoms with van der Waals surface area (Å²) in [4.78, 5) is 33.6. The standard InChI is InChI=1S/C29H33N3O5S/c1-29(2)14-22-25(28(32-8-10-37-11-9-32)38-26(22)24(35)15-29)19-6-7-30-23(13-19)18-4-3-5-20(12-18)27(36)31-16-21(34)17-33/h3-7,12-13,21,33-34H,8-11,14-17H2,1-2H3,(H,31,36). The van der Waals surface area contributed by atoms with Crippen LogP contribution in [0.1, 0.15) is 45.9 Å². The molecule has 3 heterocycles. The van der Waals surface area contributed by atoms with Crippen LogP contribution in [-0.2, 0) is 11.2 Å². The Hall–Kier alpha value is -3.11. The average Bonchev–Trinajstić information content (AvgIpc) is 3.31. The highest BCUT2D eigenvalue weighted by atomic mass is 32.1. The predicted molar refractivity (Wildman–Crippen MR) is 148 cm³/mol. The van der Waals surface area contributed by atoms with E-state index in [0.29, 0.717) is 25.2 Å². The van der Waals surface area contributed by atoms with E-state index in [1.165, 1.54) is 0 Å². The molecule has 38 heavy (non-hydrogen) atoms. The lowest BCUT2D eigenvalue weighted by Crippen LogP contribution is -2.36. The Morgan fingerprint density at radius 2 is 1.97 bits per heavy atom. The van der Waals surface area contributed by atoms with Gasteiger partial charge in [0.25, 0.3) is 5.91 Å². The number of carbonyl (C=O) groups excluding carboxylic acids is 2. The summed E-state index contributed by atoms with van der Waals surface area (Å²) in [5, 5.41) is 22.3. The van der Waals surface area contributed by atoms with Crippen molar-refractivity contribution in [2.75, 3.05) is 44.4 Å². The number of nitrogens with one attached hydrogen (secondary N) is 1. The summed E-state index contributed by atoms with van der Waals surface area (Å²) >= 11 is 1.60. The zero-order chi connectivity index (χ0) is 26.9. The van der Waals surface area contributed by atoms with Crippen LogP contribution < -0.4 is 10.2 Å². The summed E-state index contributed by atoms with van der Waals surface area (Å²) < 4.78 is 5.59. The van der Waals surface area contributed by atoms with E-state index in [0.717, 1.165) is 57.3 Å². The van der Waals surface area contributed by atoms with Crippen molar-refractivity contribution in [1.29, 1.82) is 0 Å². The van der Waals surface area contributed by atoms with Crippen molar-refractivity contribution in [3.05, 3.63) is 58.6 Å². The molecular formula is C29H33N3O5S. The van der Waals surface area contributed by atoms with Gasteiger partial charge in [0.2, 0.25) is 0 Å². The zero-order valence-electron chi connectivity index (χ0n) is 21.7. The third kappa shape index (κ3) is 5.51. The smallest absolute Gasteiger partial charge is 0.251 e. The maximum Gasteiger partial charge on any atom is 0.251 e. The number of carbonyl (C=O) groups is 2. The molecule has 1 aromatic carbocycles. The first-order chi connectivity index (χ1) is 18.3. The maximum atomic E-state index is 13.2. The summed E-state index contributed by atoms with van der Waals surface area (Å²) in [6.45, 7) is 6.73. The van der Waals surface area contributed by atoms with Gasteiger partial charge in [-0.05, 0) is 47.2 Å². The van der Waals surface area contributed by atoms with Gasteiger partial charge in [0.1, 0.15) is 0 Å². The minimum Gasteiger partial charge on any atom is -0.394 e. The number of amides is 1. The van der Waals surface area contributed by atoms with E-state index in [1.54, 1.807) is 35.7 Å². The lowest BCUT2D eigenvalue weighted by atomic mass is 9.75. The number of ketones is 1. The first-order valence-corrected chi connectivity index (χ1v) is 13.7. The number of morpholine rings is 1. The Bertz CT molecular complexity index is 1350. The lowest BCUT2D eigenvalue weighted by molar-refractivity contribution is 0.0801. The molecule has 5 rings (SSSR count). The highest BCUT2D eigenvalue weighted by molar-refractivity contribution is 7.19. The molecule has 2 aliphatic rings. The number of aliphatic hydroxyl groups excluding tert-OH is 2. The van der Waals surface area contributed by atoms with Gasteiger partial charge in [0, 0.05) is 48.9 Å². The molecule has 1 aliphatic carbocycles. The van der Waals surface area contributed by atoms with Crippen molar-refractivity contribution in [3.8, 4) is 22.4 Å². The first-order valence-electron chi connectivity index (χ1n) is 12.9. The fourth-order valence-electron chi connectivity index (χ4n) is 5.13. The van der Waals surface area contributed by atoms with Crippen molar-refractivity contribution in [2.45, 2.75) is 32.8 Å². The van der Waals surface area contributed by atoms with Gasteiger partial charge in [0.05, 0.1) is 41.5 Å². The largest absolute Gasteiger partial charge is 0.394 e. The molecule has 0 saturated carbocycles. The molecule has 1 fully saturated rings. The van der Waals surface area contributed by atoms with Gasteiger partial charge in [-0.1, -0.05) is 26.0 Å². The van der Waals surface area contributed by atoms with Gasteiger partial charge in [-0.25, -0.2) is 0 Å². The van der Waals surface area contributed by atoms with Crippen molar-refractivity contribution in [1.82, 2.24) is 10.3 Å². The number of anilines is 1. The van der Waals surface area contributed by atoms with Crippen molar-refractivity contribution in [3.63, 3.8) is 0 Å². The monoisotopic (exact) mass is 535 g/mol. The molecule has 3 N–H and O–H groups in total. The summed E-state index contributed by atoms with van der Waals surface area (Å²) in [5.41, 5.74) is 5.06. The lowest BCUT2D eigenvalue weighted by Gasteiger charge is -2.30. The van der Waals surface area contributed by atoms with E-state index in [2.05, 4.69) is 29.0 Å². The summed E-state index contributed by atoms with van der Waals surface area (Å²) in [6.07, 6.45) is 2.15. The Morgan fingerprint density at radius 1 is 1.18 bits per heavy atom. The second kappa shape index (κ2) is 10.9. The van der Waals surface area contributed by atoms with Crippen LogP contribution in [-0.4, -0.2) is 72.4 Å². The van der Waals surface area contributed by atoms with Crippen LogP contribution in [0.15, 0.2) is 42.6 Å². The fourth-order valence-corrected chi connectivity index (χ4v) is 6.46. The number of aromatic nitrogens is 1. The number of benzene rings is 1. The molecule has 0 bridgehead atoms. The Labute approximate surface area is 226 Å². The number of Topliss-reactive ketones (excluding diaryl/α,β-unsaturated/α-hetero) is 1. The molecule has 1 amide bonds. The minimum absolute atomic E-state index is 0.0318. The van der Waals surface area contributed by atoms with Crippen molar-refractivity contribution < 1.29 is 24.5 Å². The molecule has 2 aromatic heterocycles. The molecule has 8 nitrogen and oxygen atoms in total. The van der Waals surface area contributed by atoms with Gasteiger partial charge >= 0.3 is 0 Å². The quantitative estimate of drug-likeness (QED) is 0.424. The van der Waals surface area contributed by atoms with Crippen LogP contribution in [0, 0.1) is 5.41 Å². The Balaban J connectivity index is 1.53. The van der Waals surface area contributed by atoms with Crippen molar-refractivity contribution >= 4 is 28.0 Å². The first kappa shape index (κ1) is 26.5. The van der Waals surface area contributed by atoms with Gasteiger partial charge in [-0.15, -0.1) is 11.3 Å². The molecule has 1 aliphatic heterocycles. The molecule has 1 saturated heterocycles. The topological polar surface area (TPSA) is 112 Å². The second-order valence-electron chi connectivity index (χ2n) is 10.7. The third-order valence-electron chi connectivity index (χ3n) is 7.01. The number of hydrogen-bond acceptors (Lipinski definition) is 8. The van der Waals surface area contributed by atoms with E-state index in [-0.39, 0.29) is 23.7 Å². The summed E-state index contributed by atoms with van der Waals surface area (Å²) in [5.74, 6) is -0.126. The number of pyridine rings is 1. The number of ether oxygens (including phenoxy) is 1. The number of thiophene rings is 1.